The molecule has 3 rings (SSSR count). The summed E-state index contributed by atoms with van der Waals surface area (Å²) in [5.74, 6) is 0.384. The Labute approximate surface area is 195 Å². The highest BCUT2D eigenvalue weighted by molar-refractivity contribution is 8.14. The quantitative estimate of drug-likeness (QED) is 0.355. The fraction of sp³-hybridized carbons (Fsp3) is 0.231. The predicted molar refractivity (Wildman–Crippen MR) is 123 cm³/mol. The molecule has 0 saturated carbocycles. The number of hydrogen-bond donors (Lipinski definition) is 0. The molecular formula is C26H22F3NO2S. The van der Waals surface area contributed by atoms with Crippen LogP contribution in [0.5, 0.6) is 11.5 Å². The minimum Gasteiger partial charge on any atom is -0.457 e. The maximum Gasteiger partial charge on any atom is 0.416 e. The van der Waals surface area contributed by atoms with E-state index in [9.17, 15) is 23.2 Å². The van der Waals surface area contributed by atoms with Crippen LogP contribution in [0.25, 0.3) is 0 Å². The van der Waals surface area contributed by atoms with Crippen LogP contribution in [0, 0.1) is 17.2 Å². The van der Waals surface area contributed by atoms with Gasteiger partial charge in [-0.15, -0.1) is 0 Å². The molecule has 0 bridgehead atoms. The number of rotatable bonds is 7. The molecule has 3 nitrogen and oxygen atoms in total. The van der Waals surface area contributed by atoms with Crippen molar-refractivity contribution in [3.05, 3.63) is 95.6 Å². The van der Waals surface area contributed by atoms with Crippen molar-refractivity contribution in [1.82, 2.24) is 0 Å². The van der Waals surface area contributed by atoms with Gasteiger partial charge in [-0.25, -0.2) is 0 Å². The summed E-state index contributed by atoms with van der Waals surface area (Å²) in [7, 11) is 0. The van der Waals surface area contributed by atoms with Crippen molar-refractivity contribution >= 4 is 16.9 Å². The molecule has 33 heavy (non-hydrogen) atoms. The smallest absolute Gasteiger partial charge is 0.416 e. The first-order valence-corrected chi connectivity index (χ1v) is 11.2. The van der Waals surface area contributed by atoms with Crippen LogP contribution in [-0.4, -0.2) is 5.12 Å². The van der Waals surface area contributed by atoms with Crippen LogP contribution < -0.4 is 4.74 Å². The van der Waals surface area contributed by atoms with Gasteiger partial charge in [0, 0.05) is 0 Å². The first kappa shape index (κ1) is 24.4. The number of nitriles is 1. The van der Waals surface area contributed by atoms with Crippen LogP contribution in [0.4, 0.5) is 13.2 Å². The lowest BCUT2D eigenvalue weighted by Gasteiger charge is -2.21. The Morgan fingerprint density at radius 2 is 1.55 bits per heavy atom. The number of carbonyl (C=O) groups excluding carboxylic acids is 1. The highest BCUT2D eigenvalue weighted by Gasteiger charge is 2.32. The van der Waals surface area contributed by atoms with E-state index in [1.807, 2.05) is 44.2 Å². The molecule has 0 fully saturated rings. The van der Waals surface area contributed by atoms with Crippen LogP contribution >= 0.6 is 11.8 Å². The third-order valence-electron chi connectivity index (χ3n) is 5.01. The van der Waals surface area contributed by atoms with Gasteiger partial charge in [0.15, 0.2) is 5.12 Å². The van der Waals surface area contributed by atoms with E-state index in [0.29, 0.717) is 22.6 Å². The van der Waals surface area contributed by atoms with Crippen molar-refractivity contribution in [1.29, 1.82) is 5.26 Å². The van der Waals surface area contributed by atoms with Crippen LogP contribution in [0.2, 0.25) is 0 Å². The number of nitrogens with zero attached hydrogens (tertiary/aromatic N) is 1. The van der Waals surface area contributed by atoms with E-state index in [-0.39, 0.29) is 11.0 Å². The maximum absolute atomic E-state index is 13.1. The summed E-state index contributed by atoms with van der Waals surface area (Å²) in [5, 5.41) is 8.68. The zero-order valence-corrected chi connectivity index (χ0v) is 18.9. The maximum atomic E-state index is 13.1. The monoisotopic (exact) mass is 469 g/mol. The minimum absolute atomic E-state index is 0.158. The van der Waals surface area contributed by atoms with Crippen LogP contribution in [0.15, 0.2) is 78.9 Å². The van der Waals surface area contributed by atoms with Gasteiger partial charge in [-0.2, -0.15) is 18.4 Å². The van der Waals surface area contributed by atoms with Crippen LogP contribution in [0.3, 0.4) is 0 Å². The molecular weight excluding hydrogens is 447 g/mol. The molecule has 0 saturated heterocycles. The van der Waals surface area contributed by atoms with Gasteiger partial charge in [-0.1, -0.05) is 68.1 Å². The number of para-hydroxylation sites is 1. The molecule has 0 amide bonds. The van der Waals surface area contributed by atoms with E-state index in [4.69, 9.17) is 4.74 Å². The number of halogens is 3. The second kappa shape index (κ2) is 10.6. The number of ether oxygens (including phenoxy) is 1. The SMILES string of the molecule is CC(C)C(C(=O)SC(C#N)c1cccc(Oc2ccccc2)c1)c1ccc(C(F)(F)F)cc1. The fourth-order valence-electron chi connectivity index (χ4n) is 3.40. The Bertz CT molecular complexity index is 1120. The van der Waals surface area contributed by atoms with Crippen molar-refractivity contribution in [2.45, 2.75) is 31.2 Å². The molecule has 2 unspecified atom stereocenters. The van der Waals surface area contributed by atoms with E-state index in [1.54, 1.807) is 24.3 Å². The van der Waals surface area contributed by atoms with Crippen molar-refractivity contribution in [2.24, 2.45) is 5.92 Å². The normalized spacial score (nSPS) is 13.2. The minimum atomic E-state index is -4.44. The fourth-order valence-corrected chi connectivity index (χ4v) is 4.52. The highest BCUT2D eigenvalue weighted by atomic mass is 32.2. The van der Waals surface area contributed by atoms with E-state index in [2.05, 4.69) is 6.07 Å². The van der Waals surface area contributed by atoms with E-state index >= 15 is 0 Å². The molecule has 0 heterocycles. The molecule has 0 aromatic heterocycles. The topological polar surface area (TPSA) is 50.1 Å². The van der Waals surface area contributed by atoms with Crippen LogP contribution in [0.1, 0.15) is 41.7 Å². The van der Waals surface area contributed by atoms with E-state index < -0.39 is 22.9 Å². The van der Waals surface area contributed by atoms with Gasteiger partial charge in [0.25, 0.3) is 0 Å². The van der Waals surface area contributed by atoms with Crippen LogP contribution in [-0.2, 0) is 11.0 Å². The lowest BCUT2D eigenvalue weighted by molar-refractivity contribution is -0.137. The van der Waals surface area contributed by atoms with Gasteiger partial charge in [0.1, 0.15) is 16.7 Å². The molecule has 0 aliphatic carbocycles. The summed E-state index contributed by atoms with van der Waals surface area (Å²) in [6.45, 7) is 3.66. The zero-order valence-electron chi connectivity index (χ0n) is 18.0. The Balaban J connectivity index is 1.79. The third-order valence-corrected chi connectivity index (χ3v) is 6.11. The van der Waals surface area contributed by atoms with Crippen molar-refractivity contribution in [3.8, 4) is 17.6 Å². The summed E-state index contributed by atoms with van der Waals surface area (Å²) >= 11 is 0.876. The second-order valence-corrected chi connectivity index (χ2v) is 8.88. The number of hydrogen-bond acceptors (Lipinski definition) is 4. The summed E-state index contributed by atoms with van der Waals surface area (Å²) in [6.07, 6.45) is -4.44. The van der Waals surface area contributed by atoms with Gasteiger partial charge in [-0.05, 0) is 53.4 Å². The van der Waals surface area contributed by atoms with Gasteiger partial charge in [0.05, 0.1) is 17.6 Å². The van der Waals surface area contributed by atoms with E-state index in [0.717, 1.165) is 23.9 Å². The summed E-state index contributed by atoms with van der Waals surface area (Å²) in [4.78, 5) is 13.1. The largest absolute Gasteiger partial charge is 0.457 e. The summed E-state index contributed by atoms with van der Waals surface area (Å²) in [6, 6.07) is 22.9. The van der Waals surface area contributed by atoms with Crippen molar-refractivity contribution in [2.75, 3.05) is 0 Å². The average Bonchev–Trinajstić information content (AvgIpc) is 2.78. The molecule has 3 aromatic carbocycles. The number of alkyl halides is 3. The third kappa shape index (κ3) is 6.39. The Morgan fingerprint density at radius 1 is 0.909 bits per heavy atom. The number of carbonyl (C=O) groups is 1. The summed E-state index contributed by atoms with van der Waals surface area (Å²) < 4.78 is 44.5. The van der Waals surface area contributed by atoms with E-state index in [1.165, 1.54) is 12.1 Å². The molecule has 0 spiro atoms. The Morgan fingerprint density at radius 3 is 2.12 bits per heavy atom. The Hall–Kier alpha value is -3.24. The molecule has 0 aliphatic rings. The average molecular weight is 470 g/mol. The summed E-state index contributed by atoms with van der Waals surface area (Å²) in [5.41, 5.74) is 0.339. The Kier molecular flexibility index (Phi) is 7.83. The van der Waals surface area contributed by atoms with Gasteiger partial charge >= 0.3 is 6.18 Å². The van der Waals surface area contributed by atoms with Crippen molar-refractivity contribution in [3.63, 3.8) is 0 Å². The lowest BCUT2D eigenvalue weighted by Crippen LogP contribution is -2.17. The molecule has 0 N–H and O–H groups in total. The van der Waals surface area contributed by atoms with Gasteiger partial charge < -0.3 is 4.74 Å². The van der Waals surface area contributed by atoms with Gasteiger partial charge in [0.2, 0.25) is 0 Å². The second-order valence-electron chi connectivity index (χ2n) is 7.78. The molecule has 170 valence electrons. The first-order valence-electron chi connectivity index (χ1n) is 10.3. The lowest BCUT2D eigenvalue weighted by atomic mass is 9.89. The van der Waals surface area contributed by atoms with Crippen molar-refractivity contribution < 1.29 is 22.7 Å². The molecule has 3 aromatic rings. The molecule has 2 atom stereocenters. The predicted octanol–water partition coefficient (Wildman–Crippen LogP) is 7.76. The molecule has 0 aliphatic heterocycles. The first-order chi connectivity index (χ1) is 15.7. The molecule has 7 heteroatoms. The highest BCUT2D eigenvalue weighted by Crippen LogP contribution is 2.39. The van der Waals surface area contributed by atoms with Gasteiger partial charge in [-0.3, -0.25) is 4.79 Å². The standard InChI is InChI=1S/C26H22F3NO2S/c1-17(2)24(18-11-13-20(14-12-18)26(27,28)29)25(31)33-23(16-30)19-7-6-10-22(15-19)32-21-8-4-3-5-9-21/h3-15,17,23-24H,1-2H3. The number of thioether (sulfide) groups is 1. The zero-order chi connectivity index (χ0) is 24.0. The molecule has 0 radical (unpaired) electrons. The number of benzene rings is 3.